The number of nitrogens with one attached hydrogen (secondary N) is 2. The van der Waals surface area contributed by atoms with Gasteiger partial charge in [-0.15, -0.1) is 24.0 Å². The lowest BCUT2D eigenvalue weighted by Crippen LogP contribution is -2.44. The van der Waals surface area contributed by atoms with Crippen molar-refractivity contribution in [2.24, 2.45) is 34.6 Å². The number of carbonyl (C=O) groups excluding carboxylic acids is 2. The third kappa shape index (κ3) is 4.73. The summed E-state index contributed by atoms with van der Waals surface area (Å²) in [5.74, 6) is 2.33. The Balaban J connectivity index is 0.00000256. The van der Waals surface area contributed by atoms with Crippen LogP contribution in [0.1, 0.15) is 26.0 Å². The fourth-order valence-electron chi connectivity index (χ4n) is 4.68. The average molecular weight is 526 g/mol. The summed E-state index contributed by atoms with van der Waals surface area (Å²) < 4.78 is 5.36. The summed E-state index contributed by atoms with van der Waals surface area (Å²) in [5.41, 5.74) is 0. The lowest BCUT2D eigenvalue weighted by Gasteiger charge is -2.19. The van der Waals surface area contributed by atoms with Gasteiger partial charge >= 0.3 is 0 Å². The van der Waals surface area contributed by atoms with E-state index in [9.17, 15) is 9.59 Å². The molecular weight excluding hydrogens is 495 g/mol. The number of hydrogen-bond donors (Lipinski definition) is 2. The van der Waals surface area contributed by atoms with E-state index in [1.54, 1.807) is 6.26 Å². The maximum atomic E-state index is 12.8. The molecule has 0 radical (unpaired) electrons. The number of aliphatic imine (C=N–C) groups is 1. The van der Waals surface area contributed by atoms with Crippen molar-refractivity contribution in [3.63, 3.8) is 0 Å². The van der Waals surface area contributed by atoms with Gasteiger partial charge in [0.15, 0.2) is 5.96 Å². The van der Waals surface area contributed by atoms with Crippen molar-refractivity contribution >= 4 is 41.8 Å². The van der Waals surface area contributed by atoms with Crippen molar-refractivity contribution in [3.8, 4) is 0 Å². The van der Waals surface area contributed by atoms with E-state index in [2.05, 4.69) is 41.6 Å². The van der Waals surface area contributed by atoms with Gasteiger partial charge < -0.3 is 15.1 Å². The Morgan fingerprint density at radius 3 is 2.43 bits per heavy atom. The lowest BCUT2D eigenvalue weighted by atomic mass is 9.85. The van der Waals surface area contributed by atoms with Crippen LogP contribution in [0.4, 0.5) is 0 Å². The molecule has 8 heteroatoms. The highest BCUT2D eigenvalue weighted by Crippen LogP contribution is 2.52. The standard InChI is InChI=1S/C22H30N4O3.HI/c1-14(2)13-25-22(23-8-7-17-4-3-11-29-17)24-9-10-26-20(27)18-15-5-6-16(12-15)19(18)21(26)28;/h3-6,11,14-16,18-19H,7-10,12-13H2,1-2H3,(H2,23,24,25);1H. The highest BCUT2D eigenvalue weighted by atomic mass is 127. The van der Waals surface area contributed by atoms with Gasteiger partial charge in [-0.25, -0.2) is 0 Å². The van der Waals surface area contributed by atoms with E-state index in [0.717, 1.165) is 18.6 Å². The summed E-state index contributed by atoms with van der Waals surface area (Å²) in [5, 5.41) is 6.58. The molecule has 2 amide bonds. The van der Waals surface area contributed by atoms with Crippen molar-refractivity contribution in [1.82, 2.24) is 15.5 Å². The molecule has 7 nitrogen and oxygen atoms in total. The number of hydrogen-bond acceptors (Lipinski definition) is 4. The van der Waals surface area contributed by atoms with Gasteiger partial charge in [-0.3, -0.25) is 19.5 Å². The van der Waals surface area contributed by atoms with E-state index in [-0.39, 0.29) is 59.5 Å². The quantitative estimate of drug-likeness (QED) is 0.179. The molecule has 2 aliphatic carbocycles. The zero-order valence-electron chi connectivity index (χ0n) is 17.5. The number of nitrogens with zero attached hydrogens (tertiary/aromatic N) is 2. The molecule has 0 spiro atoms. The third-order valence-electron chi connectivity index (χ3n) is 6.05. The molecule has 2 fully saturated rings. The molecule has 1 saturated carbocycles. The smallest absolute Gasteiger partial charge is 0.233 e. The van der Waals surface area contributed by atoms with Gasteiger partial charge in [0, 0.05) is 32.6 Å². The molecule has 3 aliphatic rings. The molecule has 30 heavy (non-hydrogen) atoms. The maximum Gasteiger partial charge on any atom is 0.233 e. The van der Waals surface area contributed by atoms with Gasteiger partial charge in [-0.2, -0.15) is 0 Å². The second kappa shape index (κ2) is 9.98. The third-order valence-corrected chi connectivity index (χ3v) is 6.05. The van der Waals surface area contributed by atoms with Crippen LogP contribution < -0.4 is 10.6 Å². The van der Waals surface area contributed by atoms with Crippen LogP contribution in [-0.2, 0) is 16.0 Å². The number of halogens is 1. The highest BCUT2D eigenvalue weighted by molar-refractivity contribution is 14.0. The van der Waals surface area contributed by atoms with E-state index in [1.165, 1.54) is 4.90 Å². The Hall–Kier alpha value is -1.84. The molecule has 2 bridgehead atoms. The van der Waals surface area contributed by atoms with Crippen LogP contribution >= 0.6 is 24.0 Å². The summed E-state index contributed by atoms with van der Waals surface area (Å²) in [6.45, 7) is 6.50. The molecule has 2 heterocycles. The average Bonchev–Trinajstić information content (AvgIpc) is 3.47. The number of allylic oxidation sites excluding steroid dienone is 2. The fourth-order valence-corrected chi connectivity index (χ4v) is 4.68. The molecule has 1 saturated heterocycles. The molecule has 1 aliphatic heterocycles. The predicted octanol–water partition coefficient (Wildman–Crippen LogP) is 2.44. The van der Waals surface area contributed by atoms with Gasteiger partial charge in [-0.05, 0) is 36.3 Å². The number of furan rings is 1. The minimum absolute atomic E-state index is 0. The summed E-state index contributed by atoms with van der Waals surface area (Å²) in [4.78, 5) is 31.6. The summed E-state index contributed by atoms with van der Waals surface area (Å²) in [6, 6.07) is 3.83. The van der Waals surface area contributed by atoms with Gasteiger partial charge in [-0.1, -0.05) is 26.0 Å². The van der Waals surface area contributed by atoms with Gasteiger partial charge in [0.2, 0.25) is 11.8 Å². The van der Waals surface area contributed by atoms with Crippen LogP contribution in [0.3, 0.4) is 0 Å². The van der Waals surface area contributed by atoms with E-state index >= 15 is 0 Å². The van der Waals surface area contributed by atoms with Crippen LogP contribution in [0.15, 0.2) is 40.0 Å². The normalized spacial score (nSPS) is 27.0. The van der Waals surface area contributed by atoms with Crippen LogP contribution in [0.25, 0.3) is 0 Å². The molecule has 4 rings (SSSR count). The molecule has 164 valence electrons. The zero-order chi connectivity index (χ0) is 20.4. The molecule has 0 aromatic carbocycles. The number of rotatable bonds is 8. The first-order valence-electron chi connectivity index (χ1n) is 10.6. The monoisotopic (exact) mass is 526 g/mol. The van der Waals surface area contributed by atoms with E-state index in [0.29, 0.717) is 38.1 Å². The minimum atomic E-state index is -0.127. The first kappa shape index (κ1) is 22.8. The van der Waals surface area contributed by atoms with Crippen LogP contribution in [0.2, 0.25) is 0 Å². The zero-order valence-corrected chi connectivity index (χ0v) is 19.9. The summed E-state index contributed by atoms with van der Waals surface area (Å²) >= 11 is 0. The Bertz CT molecular complexity index is 775. The van der Waals surface area contributed by atoms with Crippen molar-refractivity contribution in [3.05, 3.63) is 36.3 Å². The van der Waals surface area contributed by atoms with E-state index < -0.39 is 0 Å². The van der Waals surface area contributed by atoms with Crippen molar-refractivity contribution in [2.45, 2.75) is 26.7 Å². The van der Waals surface area contributed by atoms with Gasteiger partial charge in [0.25, 0.3) is 0 Å². The van der Waals surface area contributed by atoms with Gasteiger partial charge in [0.1, 0.15) is 5.76 Å². The second-order valence-electron chi connectivity index (χ2n) is 8.59. The first-order valence-corrected chi connectivity index (χ1v) is 10.6. The number of guanidine groups is 1. The Morgan fingerprint density at radius 1 is 1.17 bits per heavy atom. The van der Waals surface area contributed by atoms with Crippen molar-refractivity contribution in [2.75, 3.05) is 26.2 Å². The fraction of sp³-hybridized carbons (Fsp3) is 0.591. The minimum Gasteiger partial charge on any atom is -0.469 e. The second-order valence-corrected chi connectivity index (χ2v) is 8.59. The number of imide groups is 1. The van der Waals surface area contributed by atoms with Crippen LogP contribution in [0, 0.1) is 29.6 Å². The first-order chi connectivity index (χ1) is 14.0. The van der Waals surface area contributed by atoms with Crippen LogP contribution in [-0.4, -0.2) is 48.9 Å². The van der Waals surface area contributed by atoms with Gasteiger partial charge in [0.05, 0.1) is 18.1 Å². The summed E-state index contributed by atoms with van der Waals surface area (Å²) in [6.07, 6.45) is 7.64. The predicted molar refractivity (Wildman–Crippen MR) is 125 cm³/mol. The number of fused-ring (bicyclic) bond motifs is 5. The molecule has 4 unspecified atom stereocenters. The Morgan fingerprint density at radius 2 is 1.83 bits per heavy atom. The lowest BCUT2D eigenvalue weighted by molar-refractivity contribution is -0.140. The summed E-state index contributed by atoms with van der Waals surface area (Å²) in [7, 11) is 0. The van der Waals surface area contributed by atoms with E-state index in [1.807, 2.05) is 12.1 Å². The van der Waals surface area contributed by atoms with Crippen molar-refractivity contribution in [1.29, 1.82) is 0 Å². The maximum absolute atomic E-state index is 12.8. The highest BCUT2D eigenvalue weighted by Gasteiger charge is 2.58. The number of carbonyl (C=O) groups is 2. The number of amides is 2. The molecule has 1 aromatic rings. The topological polar surface area (TPSA) is 86.9 Å². The Kier molecular flexibility index (Phi) is 7.60. The SMILES string of the molecule is CC(C)CN=C(NCCc1ccco1)NCCN1C(=O)C2C3C=CC(C3)C2C1=O.I. The Labute approximate surface area is 194 Å². The molecule has 4 atom stereocenters. The van der Waals surface area contributed by atoms with Crippen LogP contribution in [0.5, 0.6) is 0 Å². The number of likely N-dealkylation sites (tertiary alicyclic amines) is 1. The largest absolute Gasteiger partial charge is 0.469 e. The molecule has 2 N–H and O–H groups in total. The van der Waals surface area contributed by atoms with Crippen molar-refractivity contribution < 1.29 is 14.0 Å². The van der Waals surface area contributed by atoms with E-state index in [4.69, 9.17) is 4.42 Å². The molecular formula is C22H31IN4O3. The molecule has 1 aromatic heterocycles.